The summed E-state index contributed by atoms with van der Waals surface area (Å²) in [6.45, 7) is 2.01. The van der Waals surface area contributed by atoms with Crippen LogP contribution < -0.4 is 5.73 Å². The SMILES string of the molecule is Cc1cccc(Sc2ncc(C(=O)O)cc2N)c1. The van der Waals surface area contributed by atoms with Gasteiger partial charge in [-0.15, -0.1) is 0 Å². The number of hydrogen-bond donors (Lipinski definition) is 2. The Morgan fingerprint density at radius 2 is 2.17 bits per heavy atom. The van der Waals surface area contributed by atoms with Crippen LogP contribution in [0.3, 0.4) is 0 Å². The van der Waals surface area contributed by atoms with Gasteiger partial charge in [-0.1, -0.05) is 29.5 Å². The van der Waals surface area contributed by atoms with Crippen molar-refractivity contribution in [3.05, 3.63) is 47.7 Å². The topological polar surface area (TPSA) is 76.2 Å². The number of rotatable bonds is 3. The van der Waals surface area contributed by atoms with Gasteiger partial charge in [0.1, 0.15) is 5.03 Å². The number of pyridine rings is 1. The molecule has 1 aromatic heterocycles. The fourth-order valence-corrected chi connectivity index (χ4v) is 2.36. The van der Waals surface area contributed by atoms with E-state index in [0.717, 1.165) is 10.5 Å². The van der Waals surface area contributed by atoms with Gasteiger partial charge in [-0.2, -0.15) is 0 Å². The standard InChI is InChI=1S/C13H12N2O2S/c1-8-3-2-4-10(5-8)18-12-11(14)6-9(7-15-12)13(16)17/h2-7H,14H2,1H3,(H,16,17). The molecular weight excluding hydrogens is 248 g/mol. The maximum atomic E-state index is 10.8. The van der Waals surface area contributed by atoms with Crippen LogP contribution in [0.15, 0.2) is 46.5 Å². The van der Waals surface area contributed by atoms with Crippen molar-refractivity contribution in [1.82, 2.24) is 4.98 Å². The summed E-state index contributed by atoms with van der Waals surface area (Å²) in [6, 6.07) is 9.38. The molecular formula is C13H12N2O2S. The van der Waals surface area contributed by atoms with Gasteiger partial charge < -0.3 is 10.8 Å². The lowest BCUT2D eigenvalue weighted by Gasteiger charge is -2.05. The second-order valence-corrected chi connectivity index (χ2v) is 4.90. The molecule has 3 N–H and O–H groups in total. The summed E-state index contributed by atoms with van der Waals surface area (Å²) >= 11 is 1.42. The summed E-state index contributed by atoms with van der Waals surface area (Å²) in [7, 11) is 0. The third-order valence-corrected chi connectivity index (χ3v) is 3.35. The highest BCUT2D eigenvalue weighted by Crippen LogP contribution is 2.30. The van der Waals surface area contributed by atoms with E-state index in [1.807, 2.05) is 31.2 Å². The maximum Gasteiger partial charge on any atom is 0.337 e. The van der Waals surface area contributed by atoms with E-state index in [0.29, 0.717) is 10.7 Å². The van der Waals surface area contributed by atoms with Crippen molar-refractivity contribution in [3.63, 3.8) is 0 Å². The van der Waals surface area contributed by atoms with Gasteiger partial charge in [0, 0.05) is 11.1 Å². The smallest absolute Gasteiger partial charge is 0.337 e. The predicted octanol–water partition coefficient (Wildman–Crippen LogP) is 2.82. The third-order valence-electron chi connectivity index (χ3n) is 2.33. The molecule has 0 unspecified atom stereocenters. The third kappa shape index (κ3) is 2.81. The Morgan fingerprint density at radius 3 is 2.78 bits per heavy atom. The molecule has 0 spiro atoms. The lowest BCUT2D eigenvalue weighted by Crippen LogP contribution is -2.00. The first-order chi connectivity index (χ1) is 8.56. The van der Waals surface area contributed by atoms with Crippen molar-refractivity contribution in [1.29, 1.82) is 0 Å². The largest absolute Gasteiger partial charge is 0.478 e. The van der Waals surface area contributed by atoms with Crippen molar-refractivity contribution in [2.45, 2.75) is 16.8 Å². The number of aromatic carboxylic acids is 1. The zero-order chi connectivity index (χ0) is 13.1. The van der Waals surface area contributed by atoms with E-state index in [2.05, 4.69) is 4.98 Å². The fourth-order valence-electron chi connectivity index (χ4n) is 1.46. The summed E-state index contributed by atoms with van der Waals surface area (Å²) in [4.78, 5) is 15.9. The van der Waals surface area contributed by atoms with Gasteiger partial charge in [0.2, 0.25) is 0 Å². The van der Waals surface area contributed by atoms with E-state index in [9.17, 15) is 4.79 Å². The summed E-state index contributed by atoms with van der Waals surface area (Å²) in [5.41, 5.74) is 7.43. The molecule has 1 aromatic carbocycles. The first kappa shape index (κ1) is 12.4. The number of carboxylic acid groups (broad SMARTS) is 1. The first-order valence-electron chi connectivity index (χ1n) is 5.29. The first-order valence-corrected chi connectivity index (χ1v) is 6.11. The zero-order valence-corrected chi connectivity index (χ0v) is 10.6. The van der Waals surface area contributed by atoms with Crippen molar-refractivity contribution in [2.75, 3.05) is 5.73 Å². The highest BCUT2D eigenvalue weighted by Gasteiger charge is 2.09. The lowest BCUT2D eigenvalue weighted by atomic mass is 10.2. The fraction of sp³-hybridized carbons (Fsp3) is 0.0769. The molecule has 2 aromatic rings. The molecule has 92 valence electrons. The van der Waals surface area contributed by atoms with Gasteiger partial charge >= 0.3 is 5.97 Å². The molecule has 0 radical (unpaired) electrons. The van der Waals surface area contributed by atoms with Crippen LogP contribution in [0.2, 0.25) is 0 Å². The number of aryl methyl sites for hydroxylation is 1. The van der Waals surface area contributed by atoms with Crippen molar-refractivity contribution in [3.8, 4) is 0 Å². The van der Waals surface area contributed by atoms with Crippen molar-refractivity contribution < 1.29 is 9.90 Å². The Balaban J connectivity index is 2.27. The van der Waals surface area contributed by atoms with Crippen LogP contribution in [0.1, 0.15) is 15.9 Å². The van der Waals surface area contributed by atoms with Crippen LogP contribution in [-0.2, 0) is 0 Å². The Hall–Kier alpha value is -2.01. The highest BCUT2D eigenvalue weighted by atomic mass is 32.2. The molecule has 5 heteroatoms. The van der Waals surface area contributed by atoms with Crippen molar-refractivity contribution in [2.24, 2.45) is 0 Å². The molecule has 0 saturated heterocycles. The van der Waals surface area contributed by atoms with Gasteiger partial charge in [-0.3, -0.25) is 0 Å². The minimum Gasteiger partial charge on any atom is -0.478 e. The minimum absolute atomic E-state index is 0.0982. The van der Waals surface area contributed by atoms with E-state index >= 15 is 0 Å². The maximum absolute atomic E-state index is 10.8. The quantitative estimate of drug-likeness (QED) is 0.887. The Kier molecular flexibility index (Phi) is 3.53. The lowest BCUT2D eigenvalue weighted by molar-refractivity contribution is 0.0696. The van der Waals surface area contributed by atoms with E-state index in [-0.39, 0.29) is 5.56 Å². The van der Waals surface area contributed by atoms with Gasteiger partial charge in [0.15, 0.2) is 0 Å². The molecule has 4 nitrogen and oxygen atoms in total. The zero-order valence-electron chi connectivity index (χ0n) is 9.75. The molecule has 0 fully saturated rings. The number of benzene rings is 1. The van der Waals surface area contributed by atoms with Gasteiger partial charge in [0.25, 0.3) is 0 Å². The number of aromatic nitrogens is 1. The Morgan fingerprint density at radius 1 is 1.39 bits per heavy atom. The van der Waals surface area contributed by atoms with E-state index in [1.165, 1.54) is 24.0 Å². The molecule has 0 aliphatic heterocycles. The van der Waals surface area contributed by atoms with E-state index in [4.69, 9.17) is 10.8 Å². The highest BCUT2D eigenvalue weighted by molar-refractivity contribution is 7.99. The number of nitrogens with zero attached hydrogens (tertiary/aromatic N) is 1. The predicted molar refractivity (Wildman–Crippen MR) is 70.9 cm³/mol. The molecule has 0 atom stereocenters. The molecule has 2 rings (SSSR count). The number of carbonyl (C=O) groups is 1. The van der Waals surface area contributed by atoms with Crippen LogP contribution in [0, 0.1) is 6.92 Å². The average Bonchev–Trinajstić information content (AvgIpc) is 2.31. The Labute approximate surface area is 109 Å². The molecule has 0 bridgehead atoms. The molecule has 18 heavy (non-hydrogen) atoms. The van der Waals surface area contributed by atoms with Crippen molar-refractivity contribution >= 4 is 23.4 Å². The van der Waals surface area contributed by atoms with Crippen LogP contribution in [0.4, 0.5) is 5.69 Å². The summed E-state index contributed by atoms with van der Waals surface area (Å²) in [6.07, 6.45) is 1.32. The molecule has 1 heterocycles. The molecule has 0 aliphatic carbocycles. The molecule has 0 amide bonds. The number of nitrogens with two attached hydrogens (primary N) is 1. The summed E-state index contributed by atoms with van der Waals surface area (Å²) in [5.74, 6) is -1.03. The number of anilines is 1. The molecule has 0 saturated carbocycles. The van der Waals surface area contributed by atoms with E-state index < -0.39 is 5.97 Å². The normalized spacial score (nSPS) is 10.3. The summed E-state index contributed by atoms with van der Waals surface area (Å²) < 4.78 is 0. The van der Waals surface area contributed by atoms with Crippen LogP contribution in [0.25, 0.3) is 0 Å². The van der Waals surface area contributed by atoms with Gasteiger partial charge in [-0.25, -0.2) is 9.78 Å². The van der Waals surface area contributed by atoms with E-state index in [1.54, 1.807) is 0 Å². The number of carboxylic acids is 1. The monoisotopic (exact) mass is 260 g/mol. The van der Waals surface area contributed by atoms with Gasteiger partial charge in [0.05, 0.1) is 11.3 Å². The second-order valence-electron chi connectivity index (χ2n) is 3.84. The number of nitrogen functional groups attached to an aromatic ring is 1. The van der Waals surface area contributed by atoms with Crippen LogP contribution in [-0.4, -0.2) is 16.1 Å². The molecule has 0 aliphatic rings. The minimum atomic E-state index is -1.03. The Bertz CT molecular complexity index is 599. The van der Waals surface area contributed by atoms with Crippen LogP contribution in [0.5, 0.6) is 0 Å². The second kappa shape index (κ2) is 5.10. The van der Waals surface area contributed by atoms with Crippen LogP contribution >= 0.6 is 11.8 Å². The van der Waals surface area contributed by atoms with Gasteiger partial charge in [-0.05, 0) is 25.1 Å². The summed E-state index contributed by atoms with van der Waals surface area (Å²) in [5, 5.41) is 9.44. The number of hydrogen-bond acceptors (Lipinski definition) is 4. The average molecular weight is 260 g/mol.